The minimum atomic E-state index is -0.102. The van der Waals surface area contributed by atoms with Gasteiger partial charge in [0.25, 0.3) is 5.91 Å². The van der Waals surface area contributed by atoms with E-state index in [1.807, 2.05) is 16.7 Å². The van der Waals surface area contributed by atoms with Gasteiger partial charge in [-0.25, -0.2) is 4.98 Å². The Balaban J connectivity index is 1.98. The first-order valence-electron chi connectivity index (χ1n) is 6.93. The van der Waals surface area contributed by atoms with Crippen LogP contribution in [0.1, 0.15) is 10.4 Å². The predicted molar refractivity (Wildman–Crippen MR) is 79.0 cm³/mol. The van der Waals surface area contributed by atoms with Crippen LogP contribution in [0.5, 0.6) is 0 Å². The van der Waals surface area contributed by atoms with Crippen LogP contribution in [0.3, 0.4) is 0 Å². The van der Waals surface area contributed by atoms with Crippen LogP contribution in [0, 0.1) is 4.91 Å². The summed E-state index contributed by atoms with van der Waals surface area (Å²) in [6.45, 7) is 1.11. The maximum absolute atomic E-state index is 12.1. The number of nitrogens with zero attached hydrogens (tertiary/aromatic N) is 3. The Hall–Kier alpha value is -2.96. The van der Waals surface area contributed by atoms with Crippen molar-refractivity contribution in [3.05, 3.63) is 40.8 Å². The van der Waals surface area contributed by atoms with Gasteiger partial charge < -0.3 is 14.3 Å². The van der Waals surface area contributed by atoms with E-state index in [2.05, 4.69) is 10.3 Å². The number of aromatic nitrogens is 2. The Morgan fingerprint density at radius 1 is 1.32 bits per heavy atom. The van der Waals surface area contributed by atoms with Gasteiger partial charge in [-0.1, -0.05) is 6.07 Å². The largest absolute Gasteiger partial charge is 0.421 e. The fourth-order valence-electron chi connectivity index (χ4n) is 2.77. The number of hydrogen-bond donors (Lipinski definition) is 1. The third-order valence-corrected chi connectivity index (χ3v) is 3.75. The lowest BCUT2D eigenvalue weighted by Crippen LogP contribution is -2.24. The summed E-state index contributed by atoms with van der Waals surface area (Å²) in [5.41, 5.74) is 2.13. The molecule has 110 valence electrons. The number of nitroso groups, excluding NO2 is 1. The topological polar surface area (TPSA) is 80.1 Å². The minimum Gasteiger partial charge on any atom is -0.398 e. The van der Waals surface area contributed by atoms with E-state index in [1.54, 1.807) is 18.2 Å². The SMILES string of the molecule is C[N+](=O)c1ccc(-c2nc3cccc4c3n2CCNC4=O)o1. The number of hydrogen-bond acceptors (Lipinski definition) is 4. The molecule has 22 heavy (non-hydrogen) atoms. The van der Waals surface area contributed by atoms with E-state index in [9.17, 15) is 9.70 Å². The molecule has 1 N–H and O–H groups in total. The van der Waals surface area contributed by atoms with Crippen molar-refractivity contribution in [3.8, 4) is 11.6 Å². The van der Waals surface area contributed by atoms with Crippen LogP contribution in [0.4, 0.5) is 5.88 Å². The zero-order valence-corrected chi connectivity index (χ0v) is 11.9. The predicted octanol–water partition coefficient (Wildman–Crippen LogP) is 2.08. The molecule has 3 aromatic rings. The van der Waals surface area contributed by atoms with E-state index in [-0.39, 0.29) is 11.8 Å². The van der Waals surface area contributed by atoms with Crippen LogP contribution in [-0.4, -0.2) is 33.8 Å². The van der Waals surface area contributed by atoms with Gasteiger partial charge in [-0.15, -0.1) is 0 Å². The van der Waals surface area contributed by atoms with Crippen LogP contribution in [-0.2, 0) is 6.54 Å². The molecule has 0 atom stereocenters. The average molecular weight is 297 g/mol. The van der Waals surface area contributed by atoms with Gasteiger partial charge in [-0.3, -0.25) is 4.79 Å². The summed E-state index contributed by atoms with van der Waals surface area (Å²) in [6.07, 6.45) is 0. The van der Waals surface area contributed by atoms with Gasteiger partial charge in [0.05, 0.1) is 27.4 Å². The Bertz CT molecular complexity index is 922. The van der Waals surface area contributed by atoms with Crippen molar-refractivity contribution >= 4 is 22.8 Å². The van der Waals surface area contributed by atoms with Gasteiger partial charge in [0, 0.05) is 18.0 Å². The second-order valence-corrected chi connectivity index (χ2v) is 5.15. The molecule has 1 amide bonds. The number of carbonyl (C=O) groups is 1. The van der Waals surface area contributed by atoms with E-state index in [0.717, 1.165) is 11.0 Å². The molecule has 1 aliphatic rings. The standard InChI is InChI=1S/C15H12N4O3/c1-18(21)12-6-5-11(22-12)14-17-10-4-2-3-9-13(10)19(14)8-7-16-15(9)20/h2-6H,7-8H2,1H3/p+1. The molecule has 4 rings (SSSR count). The molecule has 0 radical (unpaired) electrons. The van der Waals surface area contributed by atoms with Crippen LogP contribution >= 0.6 is 0 Å². The maximum Gasteiger partial charge on any atom is 0.421 e. The fourth-order valence-corrected chi connectivity index (χ4v) is 2.77. The summed E-state index contributed by atoms with van der Waals surface area (Å²) in [5.74, 6) is 1.24. The number of carbonyl (C=O) groups excluding carboxylic acids is 1. The molecule has 1 aliphatic heterocycles. The quantitative estimate of drug-likeness (QED) is 0.734. The van der Waals surface area contributed by atoms with Gasteiger partial charge in [0.2, 0.25) is 0 Å². The molecule has 7 heteroatoms. The molecule has 0 aliphatic carbocycles. The highest BCUT2D eigenvalue weighted by molar-refractivity contribution is 6.06. The normalized spacial score (nSPS) is 14.0. The smallest absolute Gasteiger partial charge is 0.398 e. The molecule has 0 saturated carbocycles. The third-order valence-electron chi connectivity index (χ3n) is 3.75. The van der Waals surface area contributed by atoms with Gasteiger partial charge in [0.15, 0.2) is 18.6 Å². The first kappa shape index (κ1) is 12.8. The molecule has 0 fully saturated rings. The van der Waals surface area contributed by atoms with E-state index in [0.29, 0.717) is 35.0 Å². The second kappa shape index (κ2) is 4.52. The fraction of sp³-hybridized carbons (Fsp3) is 0.200. The van der Waals surface area contributed by atoms with Crippen molar-refractivity contribution in [2.45, 2.75) is 6.54 Å². The molecular formula is C15H13N4O3+. The first-order valence-corrected chi connectivity index (χ1v) is 6.93. The Morgan fingerprint density at radius 3 is 2.95 bits per heavy atom. The number of amides is 1. The lowest BCUT2D eigenvalue weighted by Gasteiger charge is -2.04. The molecule has 0 spiro atoms. The number of furan rings is 1. The molecule has 2 aromatic heterocycles. The molecule has 3 heterocycles. The number of nitrogens with one attached hydrogen (secondary N) is 1. The van der Waals surface area contributed by atoms with E-state index in [1.165, 1.54) is 7.05 Å². The number of imidazole rings is 1. The second-order valence-electron chi connectivity index (χ2n) is 5.15. The summed E-state index contributed by atoms with van der Waals surface area (Å²) in [4.78, 5) is 28.0. The third kappa shape index (κ3) is 1.75. The molecule has 0 unspecified atom stereocenters. The number of para-hydroxylation sites is 1. The molecule has 0 saturated heterocycles. The minimum absolute atomic E-state index is 0.102. The van der Waals surface area contributed by atoms with Crippen molar-refractivity contribution < 1.29 is 14.0 Å². The number of rotatable bonds is 2. The molecule has 0 bridgehead atoms. The lowest BCUT2D eigenvalue weighted by molar-refractivity contribution is -0.443. The summed E-state index contributed by atoms with van der Waals surface area (Å²) < 4.78 is 8.17. The Labute approximate surface area is 125 Å². The monoisotopic (exact) mass is 297 g/mol. The Kier molecular flexibility index (Phi) is 2.62. The Morgan fingerprint density at radius 2 is 2.18 bits per heavy atom. The zero-order chi connectivity index (χ0) is 15.3. The van der Waals surface area contributed by atoms with E-state index in [4.69, 9.17) is 4.42 Å². The van der Waals surface area contributed by atoms with Crippen molar-refractivity contribution in [2.24, 2.45) is 0 Å². The number of benzene rings is 1. The van der Waals surface area contributed by atoms with Gasteiger partial charge in [-0.2, -0.15) is 0 Å². The van der Waals surface area contributed by atoms with Crippen LogP contribution < -0.4 is 5.32 Å². The highest BCUT2D eigenvalue weighted by atomic mass is 16.4. The van der Waals surface area contributed by atoms with Gasteiger partial charge in [0.1, 0.15) is 0 Å². The zero-order valence-electron chi connectivity index (χ0n) is 11.9. The first-order chi connectivity index (χ1) is 10.6. The van der Waals surface area contributed by atoms with Crippen molar-refractivity contribution in [2.75, 3.05) is 13.6 Å². The highest BCUT2D eigenvalue weighted by Crippen LogP contribution is 2.30. The summed E-state index contributed by atoms with van der Waals surface area (Å²) in [5, 5.41) is 2.86. The van der Waals surface area contributed by atoms with Gasteiger partial charge in [-0.05, 0) is 18.2 Å². The molecule has 7 nitrogen and oxygen atoms in total. The highest BCUT2D eigenvalue weighted by Gasteiger charge is 2.24. The van der Waals surface area contributed by atoms with Crippen molar-refractivity contribution in [1.82, 2.24) is 14.9 Å². The maximum atomic E-state index is 12.1. The van der Waals surface area contributed by atoms with Crippen molar-refractivity contribution in [3.63, 3.8) is 0 Å². The summed E-state index contributed by atoms with van der Waals surface area (Å²) >= 11 is 0. The molecular weight excluding hydrogens is 284 g/mol. The van der Waals surface area contributed by atoms with Crippen molar-refractivity contribution in [1.29, 1.82) is 0 Å². The van der Waals surface area contributed by atoms with Crippen LogP contribution in [0.15, 0.2) is 34.7 Å². The van der Waals surface area contributed by atoms with Crippen LogP contribution in [0.25, 0.3) is 22.6 Å². The average Bonchev–Trinajstić information content (AvgIpc) is 3.07. The summed E-state index contributed by atoms with van der Waals surface area (Å²) in [6, 6.07) is 8.78. The van der Waals surface area contributed by atoms with E-state index < -0.39 is 0 Å². The molecule has 1 aromatic carbocycles. The van der Waals surface area contributed by atoms with E-state index >= 15 is 0 Å². The van der Waals surface area contributed by atoms with Crippen LogP contribution in [0.2, 0.25) is 0 Å². The lowest BCUT2D eigenvalue weighted by atomic mass is 10.2. The van der Waals surface area contributed by atoms with Gasteiger partial charge >= 0.3 is 5.88 Å². The summed E-state index contributed by atoms with van der Waals surface area (Å²) in [7, 11) is 1.38.